The lowest BCUT2D eigenvalue weighted by atomic mass is 10.2. The number of hydrogen-bond donors (Lipinski definition) is 1. The minimum atomic E-state index is 0.433. The van der Waals surface area contributed by atoms with E-state index in [9.17, 15) is 0 Å². The summed E-state index contributed by atoms with van der Waals surface area (Å²) in [5.41, 5.74) is 6.25. The molecule has 0 aliphatic heterocycles. The van der Waals surface area contributed by atoms with Crippen LogP contribution < -0.4 is 5.48 Å². The predicted molar refractivity (Wildman–Crippen MR) is 68.7 cm³/mol. The average Bonchev–Trinajstić information content (AvgIpc) is 2.61. The van der Waals surface area contributed by atoms with Gasteiger partial charge in [0, 0.05) is 12.6 Å². The molecule has 0 saturated carbocycles. The van der Waals surface area contributed by atoms with E-state index in [0.29, 0.717) is 12.6 Å². The van der Waals surface area contributed by atoms with Gasteiger partial charge in [0.05, 0.1) is 18.1 Å². The molecule has 1 heterocycles. The standard InChI is InChI=1S/C13H19N3O/c1-9(2)16-10(3)15-12-7-11(8-14-17-4)5-6-13(12)16/h5-7,9,14H,8H2,1-4H3. The number of nitrogens with zero attached hydrogens (tertiary/aromatic N) is 2. The second-order valence-electron chi connectivity index (χ2n) is 4.47. The van der Waals surface area contributed by atoms with Gasteiger partial charge >= 0.3 is 0 Å². The highest BCUT2D eigenvalue weighted by Gasteiger charge is 2.10. The number of hydroxylamine groups is 1. The highest BCUT2D eigenvalue weighted by molar-refractivity contribution is 5.77. The summed E-state index contributed by atoms with van der Waals surface area (Å²) in [6.45, 7) is 7.09. The minimum Gasteiger partial charge on any atom is -0.326 e. The summed E-state index contributed by atoms with van der Waals surface area (Å²) in [6, 6.07) is 6.77. The molecule has 1 N–H and O–H groups in total. The predicted octanol–water partition coefficient (Wildman–Crippen LogP) is 2.58. The number of nitrogens with one attached hydrogen (secondary N) is 1. The van der Waals surface area contributed by atoms with Crippen LogP contribution in [0.2, 0.25) is 0 Å². The Bertz CT molecular complexity index is 517. The van der Waals surface area contributed by atoms with Crippen molar-refractivity contribution in [3.05, 3.63) is 29.6 Å². The van der Waals surface area contributed by atoms with Gasteiger partial charge in [-0.25, -0.2) is 4.98 Å². The van der Waals surface area contributed by atoms with E-state index < -0.39 is 0 Å². The Morgan fingerprint density at radius 1 is 1.41 bits per heavy atom. The minimum absolute atomic E-state index is 0.433. The van der Waals surface area contributed by atoms with Crippen molar-refractivity contribution in [1.82, 2.24) is 15.0 Å². The highest BCUT2D eigenvalue weighted by Crippen LogP contribution is 2.21. The van der Waals surface area contributed by atoms with E-state index >= 15 is 0 Å². The van der Waals surface area contributed by atoms with Gasteiger partial charge in [-0.2, -0.15) is 5.48 Å². The first-order valence-electron chi connectivity index (χ1n) is 5.86. The fraction of sp³-hybridized carbons (Fsp3) is 0.462. The number of rotatable bonds is 4. The Hall–Kier alpha value is -1.39. The molecule has 0 saturated heterocycles. The van der Waals surface area contributed by atoms with Crippen LogP contribution in [-0.4, -0.2) is 16.7 Å². The Kier molecular flexibility index (Phi) is 3.45. The largest absolute Gasteiger partial charge is 0.326 e. The van der Waals surface area contributed by atoms with E-state index in [1.54, 1.807) is 7.11 Å². The van der Waals surface area contributed by atoms with Crippen LogP contribution >= 0.6 is 0 Å². The molecule has 0 fully saturated rings. The zero-order valence-corrected chi connectivity index (χ0v) is 10.8. The lowest BCUT2D eigenvalue weighted by Gasteiger charge is -2.10. The average molecular weight is 233 g/mol. The first-order chi connectivity index (χ1) is 8.13. The molecule has 0 atom stereocenters. The maximum atomic E-state index is 4.85. The van der Waals surface area contributed by atoms with Crippen molar-refractivity contribution >= 4 is 11.0 Å². The molecule has 0 unspecified atom stereocenters. The zero-order valence-electron chi connectivity index (χ0n) is 10.8. The fourth-order valence-electron chi connectivity index (χ4n) is 2.18. The maximum Gasteiger partial charge on any atom is 0.106 e. The van der Waals surface area contributed by atoms with Gasteiger partial charge in [0.25, 0.3) is 0 Å². The molecule has 17 heavy (non-hydrogen) atoms. The summed E-state index contributed by atoms with van der Waals surface area (Å²) in [5.74, 6) is 1.06. The van der Waals surface area contributed by atoms with E-state index in [0.717, 1.165) is 11.3 Å². The van der Waals surface area contributed by atoms with Gasteiger partial charge in [-0.15, -0.1) is 0 Å². The van der Waals surface area contributed by atoms with Crippen LogP contribution in [0.1, 0.15) is 31.3 Å². The van der Waals surface area contributed by atoms with Gasteiger partial charge in [0.15, 0.2) is 0 Å². The van der Waals surface area contributed by atoms with Gasteiger partial charge in [-0.05, 0) is 38.5 Å². The fourth-order valence-corrected chi connectivity index (χ4v) is 2.18. The summed E-state index contributed by atoms with van der Waals surface area (Å²) in [7, 11) is 1.62. The van der Waals surface area contributed by atoms with Crippen LogP contribution in [0, 0.1) is 6.92 Å². The number of fused-ring (bicyclic) bond motifs is 1. The Morgan fingerprint density at radius 3 is 2.82 bits per heavy atom. The Morgan fingerprint density at radius 2 is 2.18 bits per heavy atom. The number of aryl methyl sites for hydroxylation is 1. The van der Waals surface area contributed by atoms with Crippen LogP contribution in [-0.2, 0) is 11.4 Å². The van der Waals surface area contributed by atoms with Crippen LogP contribution in [0.5, 0.6) is 0 Å². The molecule has 0 amide bonds. The van der Waals surface area contributed by atoms with Crippen molar-refractivity contribution < 1.29 is 4.84 Å². The Balaban J connectivity index is 2.43. The topological polar surface area (TPSA) is 39.1 Å². The van der Waals surface area contributed by atoms with Crippen molar-refractivity contribution in [3.63, 3.8) is 0 Å². The molecule has 0 bridgehead atoms. The normalized spacial score (nSPS) is 11.6. The van der Waals surface area contributed by atoms with Gasteiger partial charge in [0.2, 0.25) is 0 Å². The van der Waals surface area contributed by atoms with E-state index in [-0.39, 0.29) is 0 Å². The van der Waals surface area contributed by atoms with Crippen molar-refractivity contribution in [3.8, 4) is 0 Å². The molecule has 0 spiro atoms. The third-order valence-corrected chi connectivity index (χ3v) is 2.87. The summed E-state index contributed by atoms with van der Waals surface area (Å²) >= 11 is 0. The highest BCUT2D eigenvalue weighted by atomic mass is 16.6. The third kappa shape index (κ3) is 2.33. The molecule has 0 aliphatic carbocycles. The van der Waals surface area contributed by atoms with Gasteiger partial charge in [-0.1, -0.05) is 6.07 Å². The molecule has 2 rings (SSSR count). The quantitative estimate of drug-likeness (QED) is 0.825. The summed E-state index contributed by atoms with van der Waals surface area (Å²) in [6.07, 6.45) is 0. The number of aromatic nitrogens is 2. The van der Waals surface area contributed by atoms with E-state index in [1.807, 2.05) is 6.92 Å². The lowest BCUT2D eigenvalue weighted by Crippen LogP contribution is -2.10. The van der Waals surface area contributed by atoms with E-state index in [1.165, 1.54) is 11.1 Å². The Labute approximate surface area is 102 Å². The molecule has 4 heteroatoms. The van der Waals surface area contributed by atoms with Crippen LogP contribution in [0.3, 0.4) is 0 Å². The molecule has 4 nitrogen and oxygen atoms in total. The second-order valence-corrected chi connectivity index (χ2v) is 4.47. The molecule has 92 valence electrons. The second kappa shape index (κ2) is 4.85. The lowest BCUT2D eigenvalue weighted by molar-refractivity contribution is 0.0867. The molecular weight excluding hydrogens is 214 g/mol. The molecule has 1 aromatic carbocycles. The van der Waals surface area contributed by atoms with Crippen LogP contribution in [0.15, 0.2) is 18.2 Å². The van der Waals surface area contributed by atoms with Crippen molar-refractivity contribution in [2.45, 2.75) is 33.4 Å². The van der Waals surface area contributed by atoms with Crippen LogP contribution in [0.4, 0.5) is 0 Å². The summed E-state index contributed by atoms with van der Waals surface area (Å²) < 4.78 is 2.25. The van der Waals surface area contributed by atoms with Crippen molar-refractivity contribution in [1.29, 1.82) is 0 Å². The number of hydrogen-bond acceptors (Lipinski definition) is 3. The van der Waals surface area contributed by atoms with E-state index in [2.05, 4.69) is 47.1 Å². The zero-order chi connectivity index (χ0) is 12.4. The number of benzene rings is 1. The third-order valence-electron chi connectivity index (χ3n) is 2.87. The number of imidazole rings is 1. The first-order valence-corrected chi connectivity index (χ1v) is 5.86. The van der Waals surface area contributed by atoms with Gasteiger partial charge in [-0.3, -0.25) is 0 Å². The first kappa shape index (κ1) is 12.1. The SMILES string of the molecule is CONCc1ccc2c(c1)nc(C)n2C(C)C. The van der Waals surface area contributed by atoms with Crippen molar-refractivity contribution in [2.24, 2.45) is 0 Å². The monoisotopic (exact) mass is 233 g/mol. The smallest absolute Gasteiger partial charge is 0.106 e. The van der Waals surface area contributed by atoms with Gasteiger partial charge in [0.1, 0.15) is 5.82 Å². The summed E-state index contributed by atoms with van der Waals surface area (Å²) in [4.78, 5) is 9.45. The molecule has 0 aliphatic rings. The molecule has 0 radical (unpaired) electrons. The molecular formula is C13H19N3O. The summed E-state index contributed by atoms with van der Waals surface area (Å²) in [5, 5.41) is 0. The van der Waals surface area contributed by atoms with Crippen molar-refractivity contribution in [2.75, 3.05) is 7.11 Å². The van der Waals surface area contributed by atoms with E-state index in [4.69, 9.17) is 4.84 Å². The molecule has 1 aromatic heterocycles. The van der Waals surface area contributed by atoms with Crippen LogP contribution in [0.25, 0.3) is 11.0 Å². The maximum absolute atomic E-state index is 4.85. The van der Waals surface area contributed by atoms with Gasteiger partial charge < -0.3 is 9.40 Å². The molecule has 2 aromatic rings.